The maximum atomic E-state index is 11.5. The van der Waals surface area contributed by atoms with Crippen LogP contribution in [0.1, 0.15) is 39.1 Å². The Morgan fingerprint density at radius 2 is 2.35 bits per heavy atom. The summed E-state index contributed by atoms with van der Waals surface area (Å²) in [6.45, 7) is 5.25. The Balaban J connectivity index is 2.63. The summed E-state index contributed by atoms with van der Waals surface area (Å²) in [5, 5.41) is 24.2. The molecule has 0 fully saturated rings. The number of H-pyrrole nitrogens is 1. The molecule has 1 amide bonds. The van der Waals surface area contributed by atoms with Gasteiger partial charge >= 0.3 is 6.09 Å². The van der Waals surface area contributed by atoms with E-state index in [2.05, 4.69) is 25.9 Å². The lowest BCUT2D eigenvalue weighted by Crippen LogP contribution is -2.35. The van der Waals surface area contributed by atoms with Crippen LogP contribution in [-0.4, -0.2) is 32.3 Å². The normalized spacial score (nSPS) is 12.6. The molecule has 0 bridgehead atoms. The third kappa shape index (κ3) is 4.46. The van der Waals surface area contributed by atoms with E-state index in [1.807, 2.05) is 6.07 Å². The molecule has 1 aromatic rings. The summed E-state index contributed by atoms with van der Waals surface area (Å²) in [5.41, 5.74) is -0.599. The lowest BCUT2D eigenvalue weighted by Gasteiger charge is -2.21. The number of nitriles is 1. The van der Waals surface area contributed by atoms with Crippen LogP contribution in [0.15, 0.2) is 0 Å². The molecule has 0 aliphatic rings. The highest BCUT2D eigenvalue weighted by atomic mass is 16.6. The molecule has 0 aliphatic heterocycles. The van der Waals surface area contributed by atoms with Crippen LogP contribution in [0.3, 0.4) is 0 Å². The number of alkyl carbamates (subject to hydrolysis) is 1. The third-order valence-corrected chi connectivity index (χ3v) is 1.66. The van der Waals surface area contributed by atoms with E-state index >= 15 is 0 Å². The van der Waals surface area contributed by atoms with Gasteiger partial charge in [-0.25, -0.2) is 4.79 Å². The number of amides is 1. The van der Waals surface area contributed by atoms with Crippen LogP contribution < -0.4 is 5.32 Å². The van der Waals surface area contributed by atoms with Gasteiger partial charge in [0.25, 0.3) is 0 Å². The molecule has 92 valence electrons. The van der Waals surface area contributed by atoms with Crippen LogP contribution in [0.4, 0.5) is 4.79 Å². The number of nitrogens with zero attached hydrogens (tertiary/aromatic N) is 4. The van der Waals surface area contributed by atoms with Gasteiger partial charge in [0.05, 0.1) is 12.5 Å². The molecule has 1 unspecified atom stereocenters. The number of rotatable bonds is 3. The van der Waals surface area contributed by atoms with Crippen molar-refractivity contribution in [3.8, 4) is 6.07 Å². The molecule has 1 aromatic heterocycles. The molecular weight excluding hydrogens is 224 g/mol. The van der Waals surface area contributed by atoms with Gasteiger partial charge in [0.15, 0.2) is 5.82 Å². The zero-order chi connectivity index (χ0) is 12.9. The first kappa shape index (κ1) is 12.9. The van der Waals surface area contributed by atoms with Crippen LogP contribution in [0.2, 0.25) is 0 Å². The largest absolute Gasteiger partial charge is 0.444 e. The maximum Gasteiger partial charge on any atom is 0.408 e. The van der Waals surface area contributed by atoms with Crippen molar-refractivity contribution in [2.45, 2.75) is 38.8 Å². The smallest absolute Gasteiger partial charge is 0.408 e. The number of hydrogen-bond acceptors (Lipinski definition) is 6. The highest BCUT2D eigenvalue weighted by molar-refractivity contribution is 5.68. The van der Waals surface area contributed by atoms with Crippen molar-refractivity contribution < 1.29 is 9.53 Å². The fourth-order valence-electron chi connectivity index (χ4n) is 1.07. The van der Waals surface area contributed by atoms with Crippen LogP contribution in [-0.2, 0) is 4.74 Å². The van der Waals surface area contributed by atoms with E-state index in [9.17, 15) is 4.79 Å². The van der Waals surface area contributed by atoms with Crippen LogP contribution in [0.5, 0.6) is 0 Å². The average Bonchev–Trinajstić information content (AvgIpc) is 2.66. The summed E-state index contributed by atoms with van der Waals surface area (Å²) in [6.07, 6.45) is -0.582. The van der Waals surface area contributed by atoms with Gasteiger partial charge in [0.2, 0.25) is 0 Å². The second-order valence-electron chi connectivity index (χ2n) is 4.33. The minimum atomic E-state index is -0.631. The molecule has 8 nitrogen and oxygen atoms in total. The fourth-order valence-corrected chi connectivity index (χ4v) is 1.07. The number of ether oxygens (including phenoxy) is 1. The number of carbonyl (C=O) groups is 1. The van der Waals surface area contributed by atoms with Crippen molar-refractivity contribution in [2.24, 2.45) is 0 Å². The Morgan fingerprint density at radius 3 is 2.82 bits per heavy atom. The minimum absolute atomic E-state index is 0.0405. The lowest BCUT2D eigenvalue weighted by molar-refractivity contribution is 0.0502. The molecule has 1 atom stereocenters. The monoisotopic (exact) mass is 238 g/mol. The van der Waals surface area contributed by atoms with Gasteiger partial charge < -0.3 is 10.1 Å². The molecule has 1 rings (SSSR count). The Hall–Kier alpha value is -2.17. The summed E-state index contributed by atoms with van der Waals surface area (Å²) in [7, 11) is 0. The Kier molecular flexibility index (Phi) is 3.98. The second-order valence-corrected chi connectivity index (χ2v) is 4.33. The molecule has 2 N–H and O–H groups in total. The number of hydrogen-bond donors (Lipinski definition) is 2. The van der Waals surface area contributed by atoms with Gasteiger partial charge in [0, 0.05) is 0 Å². The van der Waals surface area contributed by atoms with E-state index in [-0.39, 0.29) is 12.2 Å². The predicted octanol–water partition coefficient (Wildman–Crippen LogP) is 0.679. The highest BCUT2D eigenvalue weighted by Gasteiger charge is 2.22. The topological polar surface area (TPSA) is 117 Å². The standard InChI is InChI=1S/C9H14N6O2/c1-9(2,3)17-8(16)11-6(4-5-10)7-12-14-15-13-7/h6H,4H2,1-3H3,(H,11,16)(H,12,13,14,15). The first-order valence-electron chi connectivity index (χ1n) is 5.02. The summed E-state index contributed by atoms with van der Waals surface area (Å²) in [6, 6.07) is 1.30. The van der Waals surface area contributed by atoms with E-state index in [0.717, 1.165) is 0 Å². The number of nitrogens with one attached hydrogen (secondary N) is 2. The van der Waals surface area contributed by atoms with Gasteiger partial charge in [-0.15, -0.1) is 10.2 Å². The first-order valence-corrected chi connectivity index (χ1v) is 5.02. The zero-order valence-electron chi connectivity index (χ0n) is 9.89. The molecule has 0 saturated heterocycles. The summed E-state index contributed by atoms with van der Waals surface area (Å²) in [4.78, 5) is 11.5. The molecule has 17 heavy (non-hydrogen) atoms. The highest BCUT2D eigenvalue weighted by Crippen LogP contribution is 2.12. The van der Waals surface area contributed by atoms with Gasteiger partial charge in [0.1, 0.15) is 11.6 Å². The second kappa shape index (κ2) is 5.25. The minimum Gasteiger partial charge on any atom is -0.444 e. The van der Waals surface area contributed by atoms with Gasteiger partial charge in [-0.05, 0) is 20.8 Å². The summed E-state index contributed by atoms with van der Waals surface area (Å²) < 4.78 is 5.07. The Bertz CT molecular complexity index is 402. The average molecular weight is 238 g/mol. The molecule has 0 spiro atoms. The van der Waals surface area contributed by atoms with Crippen molar-refractivity contribution in [2.75, 3.05) is 0 Å². The van der Waals surface area contributed by atoms with Crippen LogP contribution >= 0.6 is 0 Å². The van der Waals surface area contributed by atoms with Crippen molar-refractivity contribution in [3.05, 3.63) is 5.82 Å². The molecule has 8 heteroatoms. The molecule has 0 radical (unpaired) electrons. The van der Waals surface area contributed by atoms with E-state index in [4.69, 9.17) is 10.00 Å². The Labute approximate surface area is 98.3 Å². The van der Waals surface area contributed by atoms with Crippen LogP contribution in [0.25, 0.3) is 0 Å². The van der Waals surface area contributed by atoms with Crippen LogP contribution in [0, 0.1) is 11.3 Å². The summed E-state index contributed by atoms with van der Waals surface area (Å²) in [5.74, 6) is 0.248. The van der Waals surface area contributed by atoms with Crippen molar-refractivity contribution >= 4 is 6.09 Å². The van der Waals surface area contributed by atoms with Gasteiger partial charge in [-0.1, -0.05) is 5.21 Å². The molecule has 1 heterocycles. The van der Waals surface area contributed by atoms with E-state index in [1.165, 1.54) is 0 Å². The molecular formula is C9H14N6O2. The number of tetrazole rings is 1. The van der Waals surface area contributed by atoms with E-state index in [0.29, 0.717) is 0 Å². The maximum absolute atomic E-state index is 11.5. The Morgan fingerprint density at radius 1 is 1.65 bits per heavy atom. The van der Waals surface area contributed by atoms with Gasteiger partial charge in [-0.3, -0.25) is 0 Å². The first-order chi connectivity index (χ1) is 7.92. The van der Waals surface area contributed by atoms with Crippen molar-refractivity contribution in [1.82, 2.24) is 25.9 Å². The molecule has 0 aromatic carbocycles. The lowest BCUT2D eigenvalue weighted by atomic mass is 10.2. The molecule has 0 aliphatic carbocycles. The fraction of sp³-hybridized carbons (Fsp3) is 0.667. The third-order valence-electron chi connectivity index (χ3n) is 1.66. The number of aromatic amines is 1. The molecule has 0 saturated carbocycles. The predicted molar refractivity (Wildman–Crippen MR) is 56.5 cm³/mol. The number of carbonyl (C=O) groups excluding carboxylic acids is 1. The summed E-state index contributed by atoms with van der Waals surface area (Å²) >= 11 is 0. The van der Waals surface area contributed by atoms with Crippen molar-refractivity contribution in [3.63, 3.8) is 0 Å². The van der Waals surface area contributed by atoms with Gasteiger partial charge in [-0.2, -0.15) is 10.5 Å². The zero-order valence-corrected chi connectivity index (χ0v) is 9.89. The van der Waals surface area contributed by atoms with E-state index in [1.54, 1.807) is 20.8 Å². The SMILES string of the molecule is CC(C)(C)OC(=O)NC(CC#N)c1nn[nH]n1. The quantitative estimate of drug-likeness (QED) is 0.799. The van der Waals surface area contributed by atoms with Crippen molar-refractivity contribution in [1.29, 1.82) is 5.26 Å². The van der Waals surface area contributed by atoms with E-state index < -0.39 is 17.7 Å². The number of aromatic nitrogens is 4.